The van der Waals surface area contributed by atoms with Gasteiger partial charge in [-0.25, -0.2) is 0 Å². The monoisotopic (exact) mass is 264 g/mol. The largest absolute Gasteiger partial charge is 0.467 e. The van der Waals surface area contributed by atoms with Gasteiger partial charge in [0.2, 0.25) is 11.2 Å². The normalized spacial score (nSPS) is 10.2. The van der Waals surface area contributed by atoms with E-state index < -0.39 is 0 Å². The lowest BCUT2D eigenvalue weighted by Gasteiger charge is -2.17. The van der Waals surface area contributed by atoms with Gasteiger partial charge >= 0.3 is 6.01 Å². The van der Waals surface area contributed by atoms with Crippen molar-refractivity contribution < 1.29 is 4.74 Å². The third-order valence-corrected chi connectivity index (χ3v) is 2.53. The first-order chi connectivity index (χ1) is 8.69. The van der Waals surface area contributed by atoms with Crippen LogP contribution in [0.3, 0.4) is 0 Å². The first kappa shape index (κ1) is 12.6. The van der Waals surface area contributed by atoms with Gasteiger partial charge in [0.1, 0.15) is 0 Å². The molecule has 2 rings (SSSR count). The van der Waals surface area contributed by atoms with Crippen molar-refractivity contribution in [2.24, 2.45) is 0 Å². The summed E-state index contributed by atoms with van der Waals surface area (Å²) in [6, 6.07) is 10.2. The van der Waals surface area contributed by atoms with Crippen molar-refractivity contribution in [2.45, 2.75) is 6.54 Å². The van der Waals surface area contributed by atoms with Crippen LogP contribution in [0.2, 0.25) is 5.28 Å². The summed E-state index contributed by atoms with van der Waals surface area (Å²) in [7, 11) is 3.38. The summed E-state index contributed by atoms with van der Waals surface area (Å²) < 4.78 is 4.96. The molecule has 0 N–H and O–H groups in total. The number of nitrogens with zero attached hydrogens (tertiary/aromatic N) is 4. The van der Waals surface area contributed by atoms with Crippen molar-refractivity contribution in [3.8, 4) is 6.01 Å². The maximum atomic E-state index is 5.81. The predicted molar refractivity (Wildman–Crippen MR) is 69.9 cm³/mol. The van der Waals surface area contributed by atoms with Crippen molar-refractivity contribution in [3.05, 3.63) is 41.2 Å². The van der Waals surface area contributed by atoms with Crippen LogP contribution in [0.15, 0.2) is 30.3 Å². The molecule has 1 heterocycles. The van der Waals surface area contributed by atoms with Crippen LogP contribution in [-0.2, 0) is 6.54 Å². The Morgan fingerprint density at radius 3 is 2.56 bits per heavy atom. The molecule has 0 spiro atoms. The molecule has 0 aliphatic heterocycles. The van der Waals surface area contributed by atoms with Gasteiger partial charge in [-0.05, 0) is 17.2 Å². The lowest BCUT2D eigenvalue weighted by Crippen LogP contribution is -2.19. The fourth-order valence-corrected chi connectivity index (χ4v) is 1.66. The highest BCUT2D eigenvalue weighted by atomic mass is 35.5. The Morgan fingerprint density at radius 2 is 1.89 bits per heavy atom. The maximum absolute atomic E-state index is 5.81. The Labute approximate surface area is 110 Å². The SMILES string of the molecule is COc1nc(Cl)nc(N(C)Cc2ccccc2)n1. The number of rotatable bonds is 4. The number of anilines is 1. The van der Waals surface area contributed by atoms with Gasteiger partial charge in [-0.1, -0.05) is 30.3 Å². The van der Waals surface area contributed by atoms with E-state index in [1.165, 1.54) is 7.11 Å². The Morgan fingerprint density at radius 1 is 1.17 bits per heavy atom. The van der Waals surface area contributed by atoms with Gasteiger partial charge in [0.15, 0.2) is 0 Å². The summed E-state index contributed by atoms with van der Waals surface area (Å²) in [6.45, 7) is 0.685. The molecule has 0 saturated carbocycles. The second-order valence-corrected chi connectivity index (χ2v) is 4.07. The van der Waals surface area contributed by atoms with Gasteiger partial charge in [0, 0.05) is 13.6 Å². The lowest BCUT2D eigenvalue weighted by atomic mass is 10.2. The molecule has 1 aromatic carbocycles. The van der Waals surface area contributed by atoms with E-state index in [1.807, 2.05) is 42.3 Å². The third-order valence-electron chi connectivity index (χ3n) is 2.36. The van der Waals surface area contributed by atoms with Crippen LogP contribution in [0.4, 0.5) is 5.95 Å². The molecule has 0 aliphatic carbocycles. The summed E-state index contributed by atoms with van der Waals surface area (Å²) in [4.78, 5) is 13.9. The molecule has 0 fully saturated rings. The van der Waals surface area contributed by atoms with E-state index in [0.29, 0.717) is 12.5 Å². The van der Waals surface area contributed by atoms with Crippen molar-refractivity contribution >= 4 is 17.5 Å². The molecule has 0 amide bonds. The molecule has 6 heteroatoms. The minimum atomic E-state index is 0.122. The summed E-state index contributed by atoms with van der Waals surface area (Å²) in [5, 5.41) is 0.122. The Bertz CT molecular complexity index is 521. The van der Waals surface area contributed by atoms with E-state index in [9.17, 15) is 0 Å². The third kappa shape index (κ3) is 3.07. The molecule has 1 aromatic heterocycles. The topological polar surface area (TPSA) is 51.1 Å². The Kier molecular flexibility index (Phi) is 3.94. The zero-order valence-corrected chi connectivity index (χ0v) is 10.9. The van der Waals surface area contributed by atoms with E-state index in [-0.39, 0.29) is 11.3 Å². The highest BCUT2D eigenvalue weighted by Gasteiger charge is 2.09. The van der Waals surface area contributed by atoms with Crippen LogP contribution < -0.4 is 9.64 Å². The Hall–Kier alpha value is -1.88. The van der Waals surface area contributed by atoms with E-state index in [2.05, 4.69) is 15.0 Å². The van der Waals surface area contributed by atoms with Crippen LogP contribution in [-0.4, -0.2) is 29.1 Å². The number of methoxy groups -OCH3 is 1. The molecule has 0 unspecified atom stereocenters. The fraction of sp³-hybridized carbons (Fsp3) is 0.250. The molecule has 0 atom stereocenters. The van der Waals surface area contributed by atoms with Crippen LogP contribution in [0.5, 0.6) is 6.01 Å². The minimum absolute atomic E-state index is 0.122. The lowest BCUT2D eigenvalue weighted by molar-refractivity contribution is 0.378. The fourth-order valence-electron chi connectivity index (χ4n) is 1.51. The van der Waals surface area contributed by atoms with Gasteiger partial charge in [0.05, 0.1) is 7.11 Å². The summed E-state index contributed by atoms with van der Waals surface area (Å²) >= 11 is 5.81. The quantitative estimate of drug-likeness (QED) is 0.847. The van der Waals surface area contributed by atoms with Crippen LogP contribution in [0.1, 0.15) is 5.56 Å². The Balaban J connectivity index is 2.18. The van der Waals surface area contributed by atoms with Crippen molar-refractivity contribution in [1.82, 2.24) is 15.0 Å². The molecule has 18 heavy (non-hydrogen) atoms. The smallest absolute Gasteiger partial charge is 0.322 e. The van der Waals surface area contributed by atoms with Crippen molar-refractivity contribution in [3.63, 3.8) is 0 Å². The number of aromatic nitrogens is 3. The molecule has 94 valence electrons. The van der Waals surface area contributed by atoms with Crippen molar-refractivity contribution in [2.75, 3.05) is 19.1 Å². The highest BCUT2D eigenvalue weighted by molar-refractivity contribution is 6.28. The molecule has 0 bridgehead atoms. The molecule has 2 aromatic rings. The first-order valence-corrected chi connectivity index (χ1v) is 5.77. The van der Waals surface area contributed by atoms with E-state index in [4.69, 9.17) is 16.3 Å². The number of benzene rings is 1. The minimum Gasteiger partial charge on any atom is -0.467 e. The standard InChI is InChI=1S/C12H13ClN4O/c1-17(8-9-6-4-3-5-7-9)11-14-10(13)15-12(16-11)18-2/h3-7H,8H2,1-2H3. The molecule has 5 nitrogen and oxygen atoms in total. The predicted octanol–water partition coefficient (Wildman–Crippen LogP) is 2.17. The average Bonchev–Trinajstić information content (AvgIpc) is 2.39. The van der Waals surface area contributed by atoms with Crippen molar-refractivity contribution in [1.29, 1.82) is 0 Å². The number of ether oxygens (including phenoxy) is 1. The summed E-state index contributed by atoms with van der Waals surface area (Å²) in [6.07, 6.45) is 0. The average molecular weight is 265 g/mol. The van der Waals surface area contributed by atoms with Gasteiger partial charge in [-0.3, -0.25) is 0 Å². The van der Waals surface area contributed by atoms with Gasteiger partial charge in [-0.2, -0.15) is 15.0 Å². The summed E-state index contributed by atoms with van der Waals surface area (Å²) in [5.41, 5.74) is 1.16. The first-order valence-electron chi connectivity index (χ1n) is 5.39. The zero-order chi connectivity index (χ0) is 13.0. The molecular formula is C12H13ClN4O. The summed E-state index contributed by atoms with van der Waals surface area (Å²) in [5.74, 6) is 0.482. The van der Waals surface area contributed by atoms with Crippen LogP contribution in [0, 0.1) is 0 Å². The van der Waals surface area contributed by atoms with E-state index in [0.717, 1.165) is 5.56 Å². The van der Waals surface area contributed by atoms with E-state index in [1.54, 1.807) is 0 Å². The van der Waals surface area contributed by atoms with Gasteiger partial charge in [-0.15, -0.1) is 0 Å². The number of hydrogen-bond donors (Lipinski definition) is 0. The molecule has 0 saturated heterocycles. The number of hydrogen-bond acceptors (Lipinski definition) is 5. The molecule has 0 radical (unpaired) electrons. The second-order valence-electron chi connectivity index (χ2n) is 3.73. The molecule has 0 aliphatic rings. The zero-order valence-electron chi connectivity index (χ0n) is 10.2. The van der Waals surface area contributed by atoms with Gasteiger partial charge in [0.25, 0.3) is 0 Å². The maximum Gasteiger partial charge on any atom is 0.322 e. The highest BCUT2D eigenvalue weighted by Crippen LogP contribution is 2.15. The van der Waals surface area contributed by atoms with Crippen LogP contribution in [0.25, 0.3) is 0 Å². The molecular weight excluding hydrogens is 252 g/mol. The number of halogens is 1. The van der Waals surface area contributed by atoms with Gasteiger partial charge < -0.3 is 9.64 Å². The van der Waals surface area contributed by atoms with E-state index >= 15 is 0 Å². The van der Waals surface area contributed by atoms with Crippen LogP contribution >= 0.6 is 11.6 Å². The second kappa shape index (κ2) is 5.64.